The Balaban J connectivity index is 1.35. The van der Waals surface area contributed by atoms with E-state index in [1.165, 1.54) is 0 Å². The fourth-order valence-corrected chi connectivity index (χ4v) is 6.08. The van der Waals surface area contributed by atoms with Crippen LogP contribution in [0.25, 0.3) is 11.1 Å². The highest BCUT2D eigenvalue weighted by Gasteiger charge is 2.49. The molecule has 42 heavy (non-hydrogen) atoms. The fourth-order valence-electron chi connectivity index (χ4n) is 6.08. The summed E-state index contributed by atoms with van der Waals surface area (Å²) < 4.78 is 18.8. The molecule has 0 N–H and O–H groups in total. The Morgan fingerprint density at radius 1 is 1.14 bits per heavy atom. The predicted molar refractivity (Wildman–Crippen MR) is 158 cm³/mol. The molecule has 1 aromatic heterocycles. The molecule has 3 aliphatic heterocycles. The van der Waals surface area contributed by atoms with Crippen molar-refractivity contribution in [3.63, 3.8) is 0 Å². The smallest absolute Gasteiger partial charge is 0.414 e. The lowest BCUT2D eigenvalue weighted by Gasteiger charge is -2.41. The van der Waals surface area contributed by atoms with Crippen molar-refractivity contribution in [3.05, 3.63) is 83.8 Å². The van der Waals surface area contributed by atoms with Crippen molar-refractivity contribution < 1.29 is 23.8 Å². The van der Waals surface area contributed by atoms with Crippen molar-refractivity contribution in [2.45, 2.75) is 70.4 Å². The molecule has 6 rings (SSSR count). The molecule has 0 radical (unpaired) electrons. The first-order valence-corrected chi connectivity index (χ1v) is 14.6. The topological polar surface area (TPSA) is 86.1 Å². The quantitative estimate of drug-likeness (QED) is 0.360. The van der Waals surface area contributed by atoms with Crippen LogP contribution in [0.2, 0.25) is 0 Å². The number of ether oxygens (including phenoxy) is 3. The number of carbonyl (C=O) groups is 2. The standard InChI is InChI=1S/C33H38N4O5/c1-32(2,3)42-31(39)35-15-13-33(14-16-35)28-12-11-24(25-20-34-37(22-25)29-10-5-6-17-41-29)19-27(28)30(38)36(33)21-23-8-7-9-26(18-23)40-4/h7-9,11-13,15,18-20,22,29H,5-6,10,14,16-17,21H2,1-4H3. The van der Waals surface area contributed by atoms with E-state index in [4.69, 9.17) is 14.2 Å². The highest BCUT2D eigenvalue weighted by atomic mass is 16.6. The Kier molecular flexibility index (Phi) is 7.30. The van der Waals surface area contributed by atoms with Crippen molar-refractivity contribution in [2.75, 3.05) is 20.3 Å². The summed E-state index contributed by atoms with van der Waals surface area (Å²) in [4.78, 5) is 30.5. The number of amides is 2. The Bertz CT molecular complexity index is 1520. The Morgan fingerprint density at radius 2 is 2.00 bits per heavy atom. The summed E-state index contributed by atoms with van der Waals surface area (Å²) >= 11 is 0. The van der Waals surface area contributed by atoms with Gasteiger partial charge in [-0.3, -0.25) is 9.69 Å². The fraction of sp³-hybridized carbons (Fsp3) is 0.424. The van der Waals surface area contributed by atoms with Gasteiger partial charge in [0, 0.05) is 43.2 Å². The third kappa shape index (κ3) is 5.29. The van der Waals surface area contributed by atoms with Gasteiger partial charge in [-0.05, 0) is 87.4 Å². The summed E-state index contributed by atoms with van der Waals surface area (Å²) in [5.74, 6) is 0.690. The summed E-state index contributed by atoms with van der Waals surface area (Å²) in [7, 11) is 1.64. The van der Waals surface area contributed by atoms with Crippen LogP contribution in [0.1, 0.15) is 74.2 Å². The molecule has 1 spiro atoms. The van der Waals surface area contributed by atoms with E-state index in [0.29, 0.717) is 25.1 Å². The van der Waals surface area contributed by atoms with Gasteiger partial charge in [0.25, 0.3) is 5.91 Å². The van der Waals surface area contributed by atoms with Crippen molar-refractivity contribution in [1.29, 1.82) is 0 Å². The zero-order chi connectivity index (χ0) is 29.5. The largest absolute Gasteiger partial charge is 0.497 e. The van der Waals surface area contributed by atoms with E-state index in [0.717, 1.165) is 53.9 Å². The Hall–Kier alpha value is -4.11. The van der Waals surface area contributed by atoms with Gasteiger partial charge in [0.2, 0.25) is 0 Å². The molecule has 1 saturated heterocycles. The summed E-state index contributed by atoms with van der Waals surface area (Å²) in [6.45, 7) is 7.12. The SMILES string of the molecule is COc1cccc(CN2C(=O)c3cc(-c4cnn(C5CCCCO5)c4)ccc3C23C=CN(C(=O)OC(C)(C)C)CC3)c1. The van der Waals surface area contributed by atoms with Crippen molar-refractivity contribution in [3.8, 4) is 16.9 Å². The van der Waals surface area contributed by atoms with Gasteiger partial charge in [0.15, 0.2) is 0 Å². The number of carbonyl (C=O) groups excluding carboxylic acids is 2. The molecule has 3 aliphatic rings. The van der Waals surface area contributed by atoms with E-state index in [-0.39, 0.29) is 12.1 Å². The van der Waals surface area contributed by atoms with Crippen LogP contribution in [0.15, 0.2) is 67.1 Å². The summed E-state index contributed by atoms with van der Waals surface area (Å²) in [5, 5.41) is 4.57. The third-order valence-corrected chi connectivity index (χ3v) is 8.20. The number of methoxy groups -OCH3 is 1. The number of benzene rings is 2. The highest BCUT2D eigenvalue weighted by Crippen LogP contribution is 2.47. The van der Waals surface area contributed by atoms with Crippen LogP contribution in [-0.2, 0) is 21.6 Å². The molecule has 2 unspecified atom stereocenters. The van der Waals surface area contributed by atoms with Crippen LogP contribution < -0.4 is 4.74 Å². The van der Waals surface area contributed by atoms with Gasteiger partial charge in [0.1, 0.15) is 17.6 Å². The van der Waals surface area contributed by atoms with Crippen LogP contribution in [0.5, 0.6) is 5.75 Å². The normalized spacial score (nSPS) is 22.0. The Labute approximate surface area is 246 Å². The molecule has 1 fully saturated rings. The van der Waals surface area contributed by atoms with Crippen LogP contribution in [0.4, 0.5) is 4.79 Å². The molecule has 0 aliphatic carbocycles. The number of hydrogen-bond donors (Lipinski definition) is 0. The van der Waals surface area contributed by atoms with Gasteiger partial charge < -0.3 is 19.1 Å². The number of rotatable bonds is 5. The van der Waals surface area contributed by atoms with E-state index in [2.05, 4.69) is 17.2 Å². The van der Waals surface area contributed by atoms with Gasteiger partial charge in [-0.15, -0.1) is 0 Å². The molecule has 220 valence electrons. The van der Waals surface area contributed by atoms with E-state index >= 15 is 0 Å². The van der Waals surface area contributed by atoms with Crippen molar-refractivity contribution >= 4 is 12.0 Å². The summed E-state index contributed by atoms with van der Waals surface area (Å²) in [6, 6.07) is 13.9. The van der Waals surface area contributed by atoms with Crippen molar-refractivity contribution in [2.24, 2.45) is 0 Å². The lowest BCUT2D eigenvalue weighted by atomic mass is 9.83. The lowest BCUT2D eigenvalue weighted by molar-refractivity contribution is -0.0394. The molecular weight excluding hydrogens is 532 g/mol. The van der Waals surface area contributed by atoms with Gasteiger partial charge in [-0.2, -0.15) is 5.10 Å². The molecule has 9 heteroatoms. The molecule has 4 heterocycles. The van der Waals surface area contributed by atoms with Crippen LogP contribution in [0.3, 0.4) is 0 Å². The minimum atomic E-state index is -0.702. The van der Waals surface area contributed by atoms with Crippen LogP contribution in [0, 0.1) is 0 Å². The van der Waals surface area contributed by atoms with E-state index in [1.807, 2.05) is 79.2 Å². The third-order valence-electron chi connectivity index (χ3n) is 8.20. The molecule has 9 nitrogen and oxygen atoms in total. The average molecular weight is 571 g/mol. The molecule has 3 aromatic rings. The van der Waals surface area contributed by atoms with E-state index in [1.54, 1.807) is 18.2 Å². The molecule has 2 aromatic carbocycles. The zero-order valence-electron chi connectivity index (χ0n) is 24.7. The first kappa shape index (κ1) is 28.0. The minimum absolute atomic E-state index is 0.0481. The zero-order valence-corrected chi connectivity index (χ0v) is 24.7. The molecule has 2 atom stereocenters. The molecule has 0 saturated carbocycles. The van der Waals surface area contributed by atoms with Crippen LogP contribution >= 0.6 is 0 Å². The predicted octanol–water partition coefficient (Wildman–Crippen LogP) is 6.26. The lowest BCUT2D eigenvalue weighted by Crippen LogP contribution is -2.47. The maximum Gasteiger partial charge on any atom is 0.414 e. The van der Waals surface area contributed by atoms with Gasteiger partial charge in [-0.25, -0.2) is 9.48 Å². The van der Waals surface area contributed by atoms with Gasteiger partial charge >= 0.3 is 6.09 Å². The van der Waals surface area contributed by atoms with Crippen LogP contribution in [-0.4, -0.2) is 57.4 Å². The number of fused-ring (bicyclic) bond motifs is 2. The number of hydrogen-bond acceptors (Lipinski definition) is 6. The first-order valence-electron chi connectivity index (χ1n) is 14.6. The average Bonchev–Trinajstić information content (AvgIpc) is 3.56. The monoisotopic (exact) mass is 570 g/mol. The number of nitrogens with zero attached hydrogens (tertiary/aromatic N) is 4. The second-order valence-electron chi connectivity index (χ2n) is 12.2. The minimum Gasteiger partial charge on any atom is -0.497 e. The second-order valence-corrected chi connectivity index (χ2v) is 12.2. The first-order chi connectivity index (χ1) is 20.2. The summed E-state index contributed by atoms with van der Waals surface area (Å²) in [5.41, 5.74) is 3.13. The van der Waals surface area contributed by atoms with Gasteiger partial charge in [0.05, 0.1) is 18.8 Å². The highest BCUT2D eigenvalue weighted by molar-refractivity contribution is 6.01. The summed E-state index contributed by atoms with van der Waals surface area (Å²) in [6.07, 6.45) is 10.8. The maximum atomic E-state index is 14.2. The molecule has 2 amide bonds. The van der Waals surface area contributed by atoms with E-state index < -0.39 is 17.2 Å². The second kappa shape index (κ2) is 10.9. The van der Waals surface area contributed by atoms with E-state index in [9.17, 15) is 9.59 Å². The maximum absolute atomic E-state index is 14.2. The van der Waals surface area contributed by atoms with Crippen molar-refractivity contribution in [1.82, 2.24) is 19.6 Å². The molecular formula is C33H38N4O5. The Morgan fingerprint density at radius 3 is 2.71 bits per heavy atom. The molecule has 0 bridgehead atoms. The van der Waals surface area contributed by atoms with Gasteiger partial charge in [-0.1, -0.05) is 24.3 Å². The number of aromatic nitrogens is 2.